The van der Waals surface area contributed by atoms with Crippen LogP contribution in [0.3, 0.4) is 0 Å². The third-order valence-electron chi connectivity index (χ3n) is 4.17. The van der Waals surface area contributed by atoms with Gasteiger partial charge in [0.25, 0.3) is 0 Å². The van der Waals surface area contributed by atoms with E-state index < -0.39 is 0 Å². The summed E-state index contributed by atoms with van der Waals surface area (Å²) in [6.07, 6.45) is 1.74. The van der Waals surface area contributed by atoms with Crippen LogP contribution in [-0.4, -0.2) is 13.2 Å². The van der Waals surface area contributed by atoms with E-state index in [9.17, 15) is 4.39 Å². The molecule has 0 fully saturated rings. The number of fused-ring (bicyclic) bond motifs is 1. The Morgan fingerprint density at radius 2 is 2.05 bits per heavy atom. The molecule has 1 aliphatic rings. The van der Waals surface area contributed by atoms with Crippen molar-refractivity contribution in [1.82, 2.24) is 0 Å². The van der Waals surface area contributed by atoms with Crippen molar-refractivity contribution < 1.29 is 9.13 Å². The van der Waals surface area contributed by atoms with E-state index in [-0.39, 0.29) is 5.82 Å². The summed E-state index contributed by atoms with van der Waals surface area (Å²) < 4.78 is 19.2. The molecular formula is C18H20FNO. The van der Waals surface area contributed by atoms with Crippen LogP contribution in [0.1, 0.15) is 30.4 Å². The maximum absolute atomic E-state index is 14.2. The predicted molar refractivity (Wildman–Crippen MR) is 83.5 cm³/mol. The Morgan fingerprint density at radius 1 is 1.24 bits per heavy atom. The molecule has 0 bridgehead atoms. The summed E-state index contributed by atoms with van der Waals surface area (Å²) in [5, 5.41) is 3.49. The highest BCUT2D eigenvalue weighted by molar-refractivity contribution is 5.56. The Bertz CT molecular complexity index is 641. The van der Waals surface area contributed by atoms with Crippen molar-refractivity contribution in [2.45, 2.75) is 31.7 Å². The van der Waals surface area contributed by atoms with Crippen LogP contribution in [0.2, 0.25) is 0 Å². The molecule has 0 spiro atoms. The second-order valence-corrected chi connectivity index (χ2v) is 5.73. The first kappa shape index (κ1) is 13.9. The van der Waals surface area contributed by atoms with E-state index in [0.717, 1.165) is 18.4 Å². The second-order valence-electron chi connectivity index (χ2n) is 5.73. The molecule has 110 valence electrons. The predicted octanol–water partition coefficient (Wildman–Crippen LogP) is 4.36. The van der Waals surface area contributed by atoms with Gasteiger partial charge >= 0.3 is 0 Å². The van der Waals surface area contributed by atoms with Gasteiger partial charge in [-0.2, -0.15) is 0 Å². The van der Waals surface area contributed by atoms with Gasteiger partial charge in [0.2, 0.25) is 0 Å². The molecule has 0 aromatic heterocycles. The van der Waals surface area contributed by atoms with E-state index in [1.54, 1.807) is 7.11 Å². The molecule has 1 heterocycles. The maximum atomic E-state index is 14.2. The molecule has 0 radical (unpaired) electrons. The van der Waals surface area contributed by atoms with Crippen molar-refractivity contribution in [1.29, 1.82) is 0 Å². The molecule has 0 saturated carbocycles. The smallest absolute Gasteiger partial charge is 0.130 e. The zero-order valence-electron chi connectivity index (χ0n) is 12.4. The summed E-state index contributed by atoms with van der Waals surface area (Å²) in [5.41, 5.74) is 3.21. The van der Waals surface area contributed by atoms with Gasteiger partial charge in [-0.05, 0) is 48.9 Å². The number of halogens is 1. The zero-order chi connectivity index (χ0) is 14.8. The Balaban J connectivity index is 1.88. The summed E-state index contributed by atoms with van der Waals surface area (Å²) in [7, 11) is 1.55. The monoisotopic (exact) mass is 285 g/mol. The lowest BCUT2D eigenvalue weighted by Gasteiger charge is -2.31. The van der Waals surface area contributed by atoms with Crippen LogP contribution in [0, 0.1) is 5.82 Å². The molecule has 0 aliphatic carbocycles. The molecule has 21 heavy (non-hydrogen) atoms. The lowest BCUT2D eigenvalue weighted by Crippen LogP contribution is -2.26. The van der Waals surface area contributed by atoms with Crippen molar-refractivity contribution in [2.75, 3.05) is 12.4 Å². The number of anilines is 1. The summed E-state index contributed by atoms with van der Waals surface area (Å²) in [4.78, 5) is 0. The van der Waals surface area contributed by atoms with E-state index >= 15 is 0 Å². The van der Waals surface area contributed by atoms with Gasteiger partial charge in [0.15, 0.2) is 0 Å². The first-order valence-electron chi connectivity index (χ1n) is 7.35. The normalized spacial score (nSPS) is 20.5. The SMILES string of the molecule is COc1ccc(CC2CC(C)Nc3ccccc32)c(F)c1. The molecule has 2 nitrogen and oxygen atoms in total. The van der Waals surface area contributed by atoms with Gasteiger partial charge in [0.1, 0.15) is 11.6 Å². The maximum Gasteiger partial charge on any atom is 0.130 e. The largest absolute Gasteiger partial charge is 0.497 e. The summed E-state index contributed by atoms with van der Waals surface area (Å²) in [6.45, 7) is 2.17. The van der Waals surface area contributed by atoms with E-state index in [2.05, 4.69) is 24.4 Å². The van der Waals surface area contributed by atoms with Crippen molar-refractivity contribution >= 4 is 5.69 Å². The fraction of sp³-hybridized carbons (Fsp3) is 0.333. The van der Waals surface area contributed by atoms with Crippen molar-refractivity contribution in [3.05, 3.63) is 59.4 Å². The number of hydrogen-bond acceptors (Lipinski definition) is 2. The standard InChI is InChI=1S/C18H20FNO/c1-12-9-14(16-5-3-4-6-18(16)20-12)10-13-7-8-15(21-2)11-17(13)19/h3-8,11-12,14,20H,9-10H2,1-2H3. The molecule has 1 N–H and O–H groups in total. The van der Waals surface area contributed by atoms with Gasteiger partial charge in [-0.15, -0.1) is 0 Å². The number of hydrogen-bond donors (Lipinski definition) is 1. The Kier molecular flexibility index (Phi) is 3.82. The van der Waals surface area contributed by atoms with Gasteiger partial charge < -0.3 is 10.1 Å². The highest BCUT2D eigenvalue weighted by Crippen LogP contribution is 2.36. The number of methoxy groups -OCH3 is 1. The van der Waals surface area contributed by atoms with Crippen LogP contribution in [0.5, 0.6) is 5.75 Å². The van der Waals surface area contributed by atoms with Crippen LogP contribution in [-0.2, 0) is 6.42 Å². The minimum atomic E-state index is -0.182. The van der Waals surface area contributed by atoms with Crippen LogP contribution in [0.15, 0.2) is 42.5 Å². The molecule has 1 aliphatic heterocycles. The third-order valence-corrected chi connectivity index (χ3v) is 4.17. The molecule has 2 aromatic rings. The van der Waals surface area contributed by atoms with Gasteiger partial charge in [-0.1, -0.05) is 24.3 Å². The van der Waals surface area contributed by atoms with E-state index in [1.165, 1.54) is 17.3 Å². The fourth-order valence-corrected chi connectivity index (χ4v) is 3.14. The van der Waals surface area contributed by atoms with E-state index in [1.807, 2.05) is 24.3 Å². The minimum absolute atomic E-state index is 0.182. The van der Waals surface area contributed by atoms with Crippen LogP contribution < -0.4 is 10.1 Å². The van der Waals surface area contributed by atoms with Crippen LogP contribution in [0.25, 0.3) is 0 Å². The lowest BCUT2D eigenvalue weighted by atomic mass is 9.83. The molecule has 2 unspecified atom stereocenters. The second kappa shape index (κ2) is 5.76. The zero-order valence-corrected chi connectivity index (χ0v) is 12.4. The first-order chi connectivity index (χ1) is 10.2. The van der Waals surface area contributed by atoms with Crippen molar-refractivity contribution in [3.63, 3.8) is 0 Å². The molecule has 0 saturated heterocycles. The quantitative estimate of drug-likeness (QED) is 0.904. The Hall–Kier alpha value is -2.03. The van der Waals surface area contributed by atoms with Gasteiger partial charge in [-0.3, -0.25) is 0 Å². The lowest BCUT2D eigenvalue weighted by molar-refractivity contribution is 0.410. The molecule has 3 rings (SSSR count). The number of benzene rings is 2. The number of nitrogens with one attached hydrogen (secondary N) is 1. The molecule has 2 aromatic carbocycles. The van der Waals surface area contributed by atoms with Crippen molar-refractivity contribution in [2.24, 2.45) is 0 Å². The minimum Gasteiger partial charge on any atom is -0.497 e. The third kappa shape index (κ3) is 2.87. The number of rotatable bonds is 3. The number of para-hydroxylation sites is 1. The molecule has 0 amide bonds. The summed E-state index contributed by atoms with van der Waals surface area (Å²) in [6, 6.07) is 13.9. The average Bonchev–Trinajstić information content (AvgIpc) is 2.49. The molecule has 3 heteroatoms. The van der Waals surface area contributed by atoms with Gasteiger partial charge in [0.05, 0.1) is 7.11 Å². The fourth-order valence-electron chi connectivity index (χ4n) is 3.14. The van der Waals surface area contributed by atoms with Crippen LogP contribution in [0.4, 0.5) is 10.1 Å². The van der Waals surface area contributed by atoms with Crippen LogP contribution >= 0.6 is 0 Å². The van der Waals surface area contributed by atoms with E-state index in [4.69, 9.17) is 4.74 Å². The van der Waals surface area contributed by atoms with E-state index in [0.29, 0.717) is 17.7 Å². The highest BCUT2D eigenvalue weighted by Gasteiger charge is 2.24. The van der Waals surface area contributed by atoms with Gasteiger partial charge in [0, 0.05) is 17.8 Å². The topological polar surface area (TPSA) is 21.3 Å². The Labute approximate surface area is 125 Å². The van der Waals surface area contributed by atoms with Gasteiger partial charge in [-0.25, -0.2) is 4.39 Å². The molecule has 2 atom stereocenters. The molecular weight excluding hydrogens is 265 g/mol. The average molecular weight is 285 g/mol. The highest BCUT2D eigenvalue weighted by atomic mass is 19.1. The Morgan fingerprint density at radius 3 is 2.81 bits per heavy atom. The van der Waals surface area contributed by atoms with Crippen molar-refractivity contribution in [3.8, 4) is 5.75 Å². The first-order valence-corrected chi connectivity index (χ1v) is 7.35. The number of ether oxygens (including phenoxy) is 1. The summed E-state index contributed by atoms with van der Waals surface area (Å²) in [5.74, 6) is 0.730. The summed E-state index contributed by atoms with van der Waals surface area (Å²) >= 11 is 0.